The molecule has 0 bridgehead atoms. The second-order valence-electron chi connectivity index (χ2n) is 8.39. The van der Waals surface area contributed by atoms with Crippen LogP contribution in [0.5, 0.6) is 0 Å². The lowest BCUT2D eigenvalue weighted by molar-refractivity contribution is 0.282. The van der Waals surface area contributed by atoms with Gasteiger partial charge in [-0.2, -0.15) is 0 Å². The Hall–Kier alpha value is -1.09. The van der Waals surface area contributed by atoms with Crippen molar-refractivity contribution >= 4 is 35.8 Å². The van der Waals surface area contributed by atoms with E-state index in [1.54, 1.807) is 0 Å². The quantitative estimate of drug-likeness (QED) is 0.243. The van der Waals surface area contributed by atoms with E-state index < -0.39 is 0 Å². The summed E-state index contributed by atoms with van der Waals surface area (Å²) in [6.45, 7) is 7.73. The summed E-state index contributed by atoms with van der Waals surface area (Å²) in [7, 11) is 1.85. The van der Waals surface area contributed by atoms with Crippen LogP contribution in [0.25, 0.3) is 0 Å². The third-order valence-corrected chi connectivity index (χ3v) is 6.07. The number of nitrogens with zero attached hydrogens (tertiary/aromatic N) is 4. The summed E-state index contributed by atoms with van der Waals surface area (Å²) in [5.41, 5.74) is 1.26. The molecule has 0 aromatic carbocycles. The molecule has 0 unspecified atom stereocenters. The molecule has 2 N–H and O–H groups in total. The number of halogens is 1. The zero-order valence-electron chi connectivity index (χ0n) is 18.7. The maximum absolute atomic E-state index is 4.61. The van der Waals surface area contributed by atoms with E-state index in [-0.39, 0.29) is 24.0 Å². The Morgan fingerprint density at radius 3 is 2.30 bits per heavy atom. The van der Waals surface area contributed by atoms with Gasteiger partial charge in [-0.3, -0.25) is 4.99 Å². The normalized spacial score (nSPS) is 18.8. The molecule has 2 aliphatic heterocycles. The van der Waals surface area contributed by atoms with E-state index in [1.807, 2.05) is 13.2 Å². The van der Waals surface area contributed by atoms with Crippen LogP contribution < -0.4 is 15.5 Å². The fourth-order valence-corrected chi connectivity index (χ4v) is 4.32. The minimum atomic E-state index is 0. The summed E-state index contributed by atoms with van der Waals surface area (Å²) < 4.78 is 0. The number of rotatable bonds is 7. The zero-order valence-corrected chi connectivity index (χ0v) is 21.1. The molecule has 1 aromatic heterocycles. The van der Waals surface area contributed by atoms with Crippen LogP contribution in [0, 0.1) is 0 Å². The van der Waals surface area contributed by atoms with Crippen molar-refractivity contribution in [2.75, 3.05) is 51.2 Å². The van der Waals surface area contributed by atoms with Gasteiger partial charge in [0, 0.05) is 39.4 Å². The highest BCUT2D eigenvalue weighted by Crippen LogP contribution is 2.18. The van der Waals surface area contributed by atoms with Crippen molar-refractivity contribution in [1.82, 2.24) is 20.5 Å². The molecular formula is C23H41IN6. The molecule has 2 saturated heterocycles. The van der Waals surface area contributed by atoms with Crippen molar-refractivity contribution in [1.29, 1.82) is 0 Å². The van der Waals surface area contributed by atoms with Crippen LogP contribution >= 0.6 is 24.0 Å². The third-order valence-electron chi connectivity index (χ3n) is 6.07. The van der Waals surface area contributed by atoms with E-state index >= 15 is 0 Å². The van der Waals surface area contributed by atoms with E-state index in [1.165, 1.54) is 76.6 Å². The molecule has 0 spiro atoms. The first kappa shape index (κ1) is 25.2. The van der Waals surface area contributed by atoms with Gasteiger partial charge >= 0.3 is 0 Å². The van der Waals surface area contributed by atoms with Crippen LogP contribution in [-0.4, -0.2) is 62.2 Å². The minimum absolute atomic E-state index is 0. The highest BCUT2D eigenvalue weighted by molar-refractivity contribution is 14.0. The van der Waals surface area contributed by atoms with Gasteiger partial charge in [0.1, 0.15) is 5.82 Å². The smallest absolute Gasteiger partial charge is 0.191 e. The zero-order chi connectivity index (χ0) is 20.2. The summed E-state index contributed by atoms with van der Waals surface area (Å²) in [5.74, 6) is 2.00. The molecule has 7 heteroatoms. The molecule has 0 atom stereocenters. The highest BCUT2D eigenvalue weighted by Gasteiger charge is 2.12. The molecule has 1 aromatic rings. The molecule has 170 valence electrons. The number of nitrogens with one attached hydrogen (secondary N) is 2. The first-order chi connectivity index (χ1) is 14.3. The van der Waals surface area contributed by atoms with Crippen LogP contribution in [0.3, 0.4) is 0 Å². The molecule has 2 aliphatic rings. The van der Waals surface area contributed by atoms with E-state index in [0.29, 0.717) is 0 Å². The van der Waals surface area contributed by atoms with Gasteiger partial charge in [0.2, 0.25) is 0 Å². The Balaban J connectivity index is 0.00000320. The number of hydrogen-bond acceptors (Lipinski definition) is 4. The molecule has 6 nitrogen and oxygen atoms in total. The first-order valence-electron chi connectivity index (χ1n) is 11.7. The van der Waals surface area contributed by atoms with Crippen LogP contribution in [0.15, 0.2) is 23.3 Å². The molecule has 3 rings (SSSR count). The molecule has 0 amide bonds. The Labute approximate surface area is 200 Å². The lowest BCUT2D eigenvalue weighted by Crippen LogP contribution is -2.38. The van der Waals surface area contributed by atoms with Gasteiger partial charge in [-0.15, -0.1) is 24.0 Å². The van der Waals surface area contributed by atoms with Gasteiger partial charge in [0.15, 0.2) is 5.96 Å². The SMILES string of the molecule is CN=C(NCCCN1CCCCCC1)NCc1ccnc(N2CCCCCC2)c1.I. The predicted molar refractivity (Wildman–Crippen MR) is 138 cm³/mol. The van der Waals surface area contributed by atoms with Gasteiger partial charge in [-0.1, -0.05) is 25.7 Å². The second kappa shape index (κ2) is 14.8. The van der Waals surface area contributed by atoms with Crippen molar-refractivity contribution in [3.63, 3.8) is 0 Å². The predicted octanol–water partition coefficient (Wildman–Crippen LogP) is 4.01. The minimum Gasteiger partial charge on any atom is -0.357 e. The summed E-state index contributed by atoms with van der Waals surface area (Å²) in [6, 6.07) is 4.33. The number of guanidine groups is 1. The standard InChI is InChI=1S/C23H40N6.HI/c1-24-23(26-12-10-16-28-14-6-2-3-7-15-28)27-20-21-11-13-25-22(19-21)29-17-8-4-5-9-18-29;/h11,13,19H,2-10,12,14-18,20H2,1H3,(H2,24,26,27);1H. The third kappa shape index (κ3) is 8.96. The van der Waals surface area contributed by atoms with E-state index in [9.17, 15) is 0 Å². The molecule has 3 heterocycles. The fourth-order valence-electron chi connectivity index (χ4n) is 4.32. The van der Waals surface area contributed by atoms with Crippen molar-refractivity contribution < 1.29 is 0 Å². The van der Waals surface area contributed by atoms with Gasteiger partial charge in [0.25, 0.3) is 0 Å². The monoisotopic (exact) mass is 528 g/mol. The fraction of sp³-hybridized carbons (Fsp3) is 0.739. The molecule has 0 saturated carbocycles. The average Bonchev–Trinajstić information content (AvgIpc) is 3.19. The van der Waals surface area contributed by atoms with Crippen molar-refractivity contribution in [2.45, 2.75) is 64.3 Å². The van der Waals surface area contributed by atoms with Crippen LogP contribution in [0.4, 0.5) is 5.82 Å². The van der Waals surface area contributed by atoms with Gasteiger partial charge in [-0.25, -0.2) is 4.98 Å². The van der Waals surface area contributed by atoms with Crippen LogP contribution in [0.1, 0.15) is 63.4 Å². The largest absolute Gasteiger partial charge is 0.357 e. The number of aromatic nitrogens is 1. The second-order valence-corrected chi connectivity index (χ2v) is 8.39. The van der Waals surface area contributed by atoms with Crippen LogP contribution in [0.2, 0.25) is 0 Å². The Kier molecular flexibility index (Phi) is 12.4. The molecule has 0 aliphatic carbocycles. The number of anilines is 1. The van der Waals surface area contributed by atoms with E-state index in [0.717, 1.165) is 44.4 Å². The van der Waals surface area contributed by atoms with E-state index in [4.69, 9.17) is 0 Å². The van der Waals surface area contributed by atoms with E-state index in [2.05, 4.69) is 42.5 Å². The molecule has 0 radical (unpaired) electrons. The molecular weight excluding hydrogens is 487 g/mol. The van der Waals surface area contributed by atoms with Gasteiger partial charge in [-0.05, 0) is 69.4 Å². The topological polar surface area (TPSA) is 55.8 Å². The maximum atomic E-state index is 4.61. The number of pyridine rings is 1. The highest BCUT2D eigenvalue weighted by atomic mass is 127. The van der Waals surface area contributed by atoms with Crippen molar-refractivity contribution in [3.8, 4) is 0 Å². The lowest BCUT2D eigenvalue weighted by Gasteiger charge is -2.22. The summed E-state index contributed by atoms with van der Waals surface area (Å²) in [6.07, 6.45) is 13.9. The van der Waals surface area contributed by atoms with Gasteiger partial charge < -0.3 is 20.4 Å². The van der Waals surface area contributed by atoms with Crippen molar-refractivity contribution in [3.05, 3.63) is 23.9 Å². The first-order valence-corrected chi connectivity index (χ1v) is 11.7. The number of hydrogen-bond donors (Lipinski definition) is 2. The Bertz CT molecular complexity index is 607. The lowest BCUT2D eigenvalue weighted by atomic mass is 10.2. The number of aliphatic imine (C=N–C) groups is 1. The number of likely N-dealkylation sites (tertiary alicyclic amines) is 1. The average molecular weight is 529 g/mol. The van der Waals surface area contributed by atoms with Crippen molar-refractivity contribution in [2.24, 2.45) is 4.99 Å². The Morgan fingerprint density at radius 1 is 0.967 bits per heavy atom. The summed E-state index contributed by atoms with van der Waals surface area (Å²) >= 11 is 0. The Morgan fingerprint density at radius 2 is 1.63 bits per heavy atom. The van der Waals surface area contributed by atoms with Crippen LogP contribution in [-0.2, 0) is 6.54 Å². The molecule has 2 fully saturated rings. The van der Waals surface area contributed by atoms with Gasteiger partial charge in [0.05, 0.1) is 0 Å². The maximum Gasteiger partial charge on any atom is 0.191 e. The summed E-state index contributed by atoms with van der Waals surface area (Å²) in [4.78, 5) is 14.0. The molecule has 30 heavy (non-hydrogen) atoms. The summed E-state index contributed by atoms with van der Waals surface area (Å²) in [5, 5.41) is 6.92.